The number of pyridine rings is 1. The first-order chi connectivity index (χ1) is 24.8. The van der Waals surface area contributed by atoms with Crippen LogP contribution in [0, 0.1) is 0 Å². The largest absolute Gasteiger partial charge is 0.456 e. The normalized spacial score (nSPS) is 11.6. The van der Waals surface area contributed by atoms with Gasteiger partial charge >= 0.3 is 0 Å². The van der Waals surface area contributed by atoms with Gasteiger partial charge in [-0.25, -0.2) is 19.9 Å². The van der Waals surface area contributed by atoms with Gasteiger partial charge in [-0.2, -0.15) is 0 Å². The Kier molecular flexibility index (Phi) is 6.39. The fraction of sp³-hybridized carbons (Fsp3) is 0. The molecule has 0 spiro atoms. The molecule has 0 saturated carbocycles. The monoisotopic (exact) mass is 642 g/mol. The van der Waals surface area contributed by atoms with Crippen LogP contribution in [0.4, 0.5) is 0 Å². The van der Waals surface area contributed by atoms with Gasteiger partial charge < -0.3 is 8.83 Å². The third-order valence-electron chi connectivity index (χ3n) is 9.22. The maximum atomic E-state index is 6.31. The maximum absolute atomic E-state index is 6.31. The predicted molar refractivity (Wildman–Crippen MR) is 199 cm³/mol. The molecule has 6 heteroatoms. The zero-order valence-corrected chi connectivity index (χ0v) is 26.6. The van der Waals surface area contributed by atoms with Gasteiger partial charge in [-0.05, 0) is 70.8 Å². The Morgan fingerprint density at radius 2 is 1.06 bits per heavy atom. The maximum Gasteiger partial charge on any atom is 0.227 e. The van der Waals surface area contributed by atoms with Crippen LogP contribution in [0.25, 0.3) is 100 Å². The standard InChI is InChI=1S/C44H26N4O2/c1-3-11-27(12-4-1)29-15-9-16-30(25-29)32-22-23-37-39(35-18-10-24-45-44(35)50-37)40(32)43-47-41(28-13-5-2-6-14-28)46-42(48-43)31-20-21-34-33-17-7-8-19-36(33)49-38(34)26-31/h1-26H. The number of fused-ring (bicyclic) bond motifs is 6. The van der Waals surface area contributed by atoms with E-state index in [0.717, 1.165) is 71.7 Å². The van der Waals surface area contributed by atoms with E-state index in [9.17, 15) is 0 Å². The van der Waals surface area contributed by atoms with Gasteiger partial charge in [0, 0.05) is 44.4 Å². The smallest absolute Gasteiger partial charge is 0.227 e. The Morgan fingerprint density at radius 3 is 1.92 bits per heavy atom. The molecule has 0 aliphatic rings. The molecule has 0 aliphatic heterocycles. The van der Waals surface area contributed by atoms with Gasteiger partial charge in [-0.15, -0.1) is 0 Å². The zero-order chi connectivity index (χ0) is 33.0. The molecule has 6 nitrogen and oxygen atoms in total. The van der Waals surface area contributed by atoms with Gasteiger partial charge in [-0.1, -0.05) is 103 Å². The van der Waals surface area contributed by atoms with Gasteiger partial charge in [-0.3, -0.25) is 0 Å². The van der Waals surface area contributed by atoms with Gasteiger partial charge in [0.25, 0.3) is 0 Å². The van der Waals surface area contributed by atoms with Crippen LogP contribution in [-0.4, -0.2) is 19.9 Å². The minimum Gasteiger partial charge on any atom is -0.456 e. The van der Waals surface area contributed by atoms with E-state index in [0.29, 0.717) is 28.8 Å². The Bertz CT molecular complexity index is 2880. The van der Waals surface area contributed by atoms with Crippen LogP contribution in [0.15, 0.2) is 167 Å². The van der Waals surface area contributed by atoms with Crippen LogP contribution >= 0.6 is 0 Å². The van der Waals surface area contributed by atoms with Crippen molar-refractivity contribution in [2.24, 2.45) is 0 Å². The molecule has 50 heavy (non-hydrogen) atoms. The molecule has 0 atom stereocenters. The highest BCUT2D eigenvalue weighted by molar-refractivity contribution is 6.14. The van der Waals surface area contributed by atoms with Crippen LogP contribution in [0.5, 0.6) is 0 Å². The van der Waals surface area contributed by atoms with Crippen LogP contribution in [0.2, 0.25) is 0 Å². The summed E-state index contributed by atoms with van der Waals surface area (Å²) in [6.07, 6.45) is 1.75. The Balaban J connectivity index is 1.26. The van der Waals surface area contributed by atoms with Crippen molar-refractivity contribution in [3.8, 4) is 56.4 Å². The van der Waals surface area contributed by atoms with E-state index in [-0.39, 0.29) is 0 Å². The second-order valence-corrected chi connectivity index (χ2v) is 12.2. The molecule has 10 aromatic rings. The first kappa shape index (κ1) is 28.1. The van der Waals surface area contributed by atoms with Crippen molar-refractivity contribution < 1.29 is 8.83 Å². The first-order valence-corrected chi connectivity index (χ1v) is 16.5. The molecule has 4 heterocycles. The van der Waals surface area contributed by atoms with Crippen LogP contribution in [0.1, 0.15) is 0 Å². The number of hydrogen-bond donors (Lipinski definition) is 0. The molecule has 0 radical (unpaired) electrons. The highest BCUT2D eigenvalue weighted by Crippen LogP contribution is 2.43. The predicted octanol–water partition coefficient (Wildman–Crippen LogP) is 11.4. The molecule has 0 saturated heterocycles. The van der Waals surface area contributed by atoms with E-state index >= 15 is 0 Å². The molecule has 0 amide bonds. The van der Waals surface area contributed by atoms with E-state index in [1.165, 1.54) is 0 Å². The number of aromatic nitrogens is 4. The van der Waals surface area contributed by atoms with Crippen molar-refractivity contribution in [2.45, 2.75) is 0 Å². The van der Waals surface area contributed by atoms with Crippen molar-refractivity contribution in [2.75, 3.05) is 0 Å². The third-order valence-corrected chi connectivity index (χ3v) is 9.22. The van der Waals surface area contributed by atoms with Gasteiger partial charge in [0.1, 0.15) is 16.7 Å². The summed E-state index contributed by atoms with van der Waals surface area (Å²) in [4.78, 5) is 20.0. The number of nitrogens with zero attached hydrogens (tertiary/aromatic N) is 4. The molecule has 4 aromatic heterocycles. The molecule has 0 fully saturated rings. The fourth-order valence-corrected chi connectivity index (χ4v) is 6.87. The number of hydrogen-bond acceptors (Lipinski definition) is 6. The molecular weight excluding hydrogens is 617 g/mol. The van der Waals surface area contributed by atoms with Crippen LogP contribution < -0.4 is 0 Å². The average molecular weight is 643 g/mol. The zero-order valence-electron chi connectivity index (χ0n) is 26.6. The number of rotatable bonds is 5. The Labute approximate surface area is 286 Å². The summed E-state index contributed by atoms with van der Waals surface area (Å²) in [6, 6.07) is 51.3. The molecule has 0 bridgehead atoms. The Morgan fingerprint density at radius 1 is 0.380 bits per heavy atom. The van der Waals surface area contributed by atoms with E-state index in [2.05, 4.69) is 77.8 Å². The molecule has 6 aromatic carbocycles. The summed E-state index contributed by atoms with van der Waals surface area (Å²) in [5.74, 6) is 1.65. The van der Waals surface area contributed by atoms with E-state index < -0.39 is 0 Å². The van der Waals surface area contributed by atoms with E-state index in [4.69, 9.17) is 23.8 Å². The summed E-state index contributed by atoms with van der Waals surface area (Å²) >= 11 is 0. The number of furan rings is 2. The summed E-state index contributed by atoms with van der Waals surface area (Å²) in [7, 11) is 0. The van der Waals surface area contributed by atoms with E-state index in [1.807, 2.05) is 78.9 Å². The average Bonchev–Trinajstić information content (AvgIpc) is 3.76. The lowest BCUT2D eigenvalue weighted by molar-refractivity contribution is 0.654. The minimum absolute atomic E-state index is 0.538. The molecule has 0 aliphatic carbocycles. The Hall–Kier alpha value is -6.92. The summed E-state index contributed by atoms with van der Waals surface area (Å²) in [5, 5.41) is 3.92. The summed E-state index contributed by atoms with van der Waals surface area (Å²) in [6.45, 7) is 0. The molecule has 234 valence electrons. The van der Waals surface area contributed by atoms with Crippen molar-refractivity contribution in [1.82, 2.24) is 19.9 Å². The van der Waals surface area contributed by atoms with Crippen molar-refractivity contribution >= 4 is 44.0 Å². The lowest BCUT2D eigenvalue weighted by Crippen LogP contribution is -2.01. The topological polar surface area (TPSA) is 77.8 Å². The van der Waals surface area contributed by atoms with Crippen LogP contribution in [0.3, 0.4) is 0 Å². The number of benzene rings is 6. The van der Waals surface area contributed by atoms with Crippen molar-refractivity contribution in [3.05, 3.63) is 158 Å². The van der Waals surface area contributed by atoms with Crippen LogP contribution in [-0.2, 0) is 0 Å². The number of para-hydroxylation sites is 1. The molecule has 0 unspecified atom stereocenters. The van der Waals surface area contributed by atoms with Crippen molar-refractivity contribution in [3.63, 3.8) is 0 Å². The molecule has 10 rings (SSSR count). The van der Waals surface area contributed by atoms with Gasteiger partial charge in [0.2, 0.25) is 5.71 Å². The lowest BCUT2D eigenvalue weighted by Gasteiger charge is -2.14. The lowest BCUT2D eigenvalue weighted by atomic mass is 9.92. The highest BCUT2D eigenvalue weighted by atomic mass is 16.3. The third kappa shape index (κ3) is 4.65. The van der Waals surface area contributed by atoms with Crippen molar-refractivity contribution in [1.29, 1.82) is 0 Å². The van der Waals surface area contributed by atoms with E-state index in [1.54, 1.807) is 6.20 Å². The fourth-order valence-electron chi connectivity index (χ4n) is 6.87. The van der Waals surface area contributed by atoms with Gasteiger partial charge in [0.05, 0.1) is 0 Å². The summed E-state index contributed by atoms with van der Waals surface area (Å²) in [5.41, 5.74) is 9.74. The van der Waals surface area contributed by atoms with Gasteiger partial charge in [0.15, 0.2) is 17.5 Å². The highest BCUT2D eigenvalue weighted by Gasteiger charge is 2.23. The second kappa shape index (κ2) is 11.4. The second-order valence-electron chi connectivity index (χ2n) is 12.2. The molecular formula is C44H26N4O2. The minimum atomic E-state index is 0.538. The first-order valence-electron chi connectivity index (χ1n) is 16.5. The SMILES string of the molecule is c1ccc(-c2cccc(-c3ccc4oc5ncccc5c4c3-c3nc(-c4ccccc4)nc(-c4ccc5c(c4)oc4ccccc45)n3)c2)cc1. The quantitative estimate of drug-likeness (QED) is 0.186. The molecule has 0 N–H and O–H groups in total. The summed E-state index contributed by atoms with van der Waals surface area (Å²) < 4.78 is 12.6.